The summed E-state index contributed by atoms with van der Waals surface area (Å²) in [4.78, 5) is 14.2. The lowest BCUT2D eigenvalue weighted by atomic mass is 9.96. The maximum atomic E-state index is 12.4. The van der Waals surface area contributed by atoms with E-state index in [0.717, 1.165) is 25.9 Å². The molecule has 3 rings (SSSR count). The molecule has 1 aromatic carbocycles. The third-order valence-corrected chi connectivity index (χ3v) is 4.42. The zero-order valence-corrected chi connectivity index (χ0v) is 14.1. The van der Waals surface area contributed by atoms with Gasteiger partial charge in [0.05, 0.1) is 19.8 Å². The molecule has 2 aliphatic heterocycles. The fourth-order valence-corrected chi connectivity index (χ4v) is 3.14. The number of para-hydroxylation sites is 2. The summed E-state index contributed by atoms with van der Waals surface area (Å²) in [5.74, 6) is 1.67. The Morgan fingerprint density at radius 3 is 2.38 bits per heavy atom. The van der Waals surface area contributed by atoms with Gasteiger partial charge in [0.1, 0.15) is 0 Å². The third kappa shape index (κ3) is 4.19. The second-order valence-corrected chi connectivity index (χ2v) is 6.00. The minimum atomic E-state index is -0.0865. The van der Waals surface area contributed by atoms with Gasteiger partial charge in [-0.3, -0.25) is 4.79 Å². The molecular weight excluding hydrogens is 310 g/mol. The summed E-state index contributed by atoms with van der Waals surface area (Å²) in [5, 5.41) is 0. The molecule has 132 valence electrons. The van der Waals surface area contributed by atoms with Crippen molar-refractivity contribution in [3.63, 3.8) is 0 Å². The number of benzene rings is 1. The number of hydrogen-bond donors (Lipinski definition) is 0. The molecule has 2 saturated heterocycles. The van der Waals surface area contributed by atoms with E-state index >= 15 is 0 Å². The number of nitrogens with zero attached hydrogens (tertiary/aromatic N) is 1. The second kappa shape index (κ2) is 8.35. The van der Waals surface area contributed by atoms with Crippen LogP contribution in [-0.2, 0) is 14.3 Å². The smallest absolute Gasteiger partial charge is 0.260 e. The molecule has 0 unspecified atom stereocenters. The lowest BCUT2D eigenvalue weighted by molar-refractivity contribution is -0.138. The van der Waals surface area contributed by atoms with Crippen LogP contribution in [0, 0.1) is 5.92 Å². The first-order valence-corrected chi connectivity index (χ1v) is 8.63. The fraction of sp³-hybridized carbons (Fsp3) is 0.611. The molecule has 0 aliphatic carbocycles. The number of carbonyl (C=O) groups excluding carboxylic acids is 1. The zero-order valence-electron chi connectivity index (χ0n) is 14.1. The van der Waals surface area contributed by atoms with Gasteiger partial charge in [-0.1, -0.05) is 12.1 Å². The summed E-state index contributed by atoms with van der Waals surface area (Å²) in [7, 11) is 0. The van der Waals surface area contributed by atoms with Gasteiger partial charge in [0.15, 0.2) is 24.4 Å². The first kappa shape index (κ1) is 17.0. The van der Waals surface area contributed by atoms with Gasteiger partial charge in [0.2, 0.25) is 0 Å². The summed E-state index contributed by atoms with van der Waals surface area (Å²) >= 11 is 0. The molecule has 0 spiro atoms. The molecule has 0 atom stereocenters. The SMILES string of the molecule is CCOc1ccccc1OCC(=O)N1CCC(C2OCCO2)CC1. The summed E-state index contributed by atoms with van der Waals surface area (Å²) in [6.07, 6.45) is 1.73. The van der Waals surface area contributed by atoms with E-state index in [1.165, 1.54) is 0 Å². The summed E-state index contributed by atoms with van der Waals surface area (Å²) < 4.78 is 22.3. The van der Waals surface area contributed by atoms with Crippen molar-refractivity contribution in [3.05, 3.63) is 24.3 Å². The van der Waals surface area contributed by atoms with Gasteiger partial charge >= 0.3 is 0 Å². The first-order chi connectivity index (χ1) is 11.8. The van der Waals surface area contributed by atoms with E-state index in [1.807, 2.05) is 36.1 Å². The molecule has 0 bridgehead atoms. The van der Waals surface area contributed by atoms with E-state index in [2.05, 4.69) is 0 Å². The van der Waals surface area contributed by atoms with Crippen molar-refractivity contribution in [2.45, 2.75) is 26.1 Å². The van der Waals surface area contributed by atoms with Crippen molar-refractivity contribution in [2.24, 2.45) is 5.92 Å². The highest BCUT2D eigenvalue weighted by Crippen LogP contribution is 2.28. The largest absolute Gasteiger partial charge is 0.490 e. The molecule has 1 aromatic rings. The van der Waals surface area contributed by atoms with Gasteiger partial charge in [-0.15, -0.1) is 0 Å². The fourth-order valence-electron chi connectivity index (χ4n) is 3.14. The van der Waals surface area contributed by atoms with Crippen LogP contribution in [0.2, 0.25) is 0 Å². The lowest BCUT2D eigenvalue weighted by Gasteiger charge is -2.33. The van der Waals surface area contributed by atoms with Crippen molar-refractivity contribution in [3.8, 4) is 11.5 Å². The van der Waals surface area contributed by atoms with Crippen LogP contribution in [0.1, 0.15) is 19.8 Å². The predicted octanol–water partition coefficient (Wildman–Crippen LogP) is 2.08. The second-order valence-electron chi connectivity index (χ2n) is 6.00. The summed E-state index contributed by atoms with van der Waals surface area (Å²) in [6.45, 7) is 5.32. The van der Waals surface area contributed by atoms with E-state index in [0.29, 0.717) is 37.2 Å². The number of amides is 1. The monoisotopic (exact) mass is 335 g/mol. The average molecular weight is 335 g/mol. The van der Waals surface area contributed by atoms with Crippen molar-refractivity contribution in [2.75, 3.05) is 39.5 Å². The Balaban J connectivity index is 1.46. The molecule has 6 nitrogen and oxygen atoms in total. The van der Waals surface area contributed by atoms with Crippen LogP contribution < -0.4 is 9.47 Å². The molecule has 2 heterocycles. The van der Waals surface area contributed by atoms with Crippen LogP contribution >= 0.6 is 0 Å². The molecule has 2 aliphatic rings. The van der Waals surface area contributed by atoms with Crippen LogP contribution in [0.5, 0.6) is 11.5 Å². The normalized spacial score (nSPS) is 19.5. The Bertz CT molecular complexity index is 536. The van der Waals surface area contributed by atoms with Gasteiger partial charge in [0.25, 0.3) is 5.91 Å². The molecule has 0 saturated carbocycles. The van der Waals surface area contributed by atoms with E-state index in [1.54, 1.807) is 0 Å². The Kier molecular flexibility index (Phi) is 5.93. The van der Waals surface area contributed by atoms with Crippen molar-refractivity contribution in [1.82, 2.24) is 4.90 Å². The maximum Gasteiger partial charge on any atom is 0.260 e. The van der Waals surface area contributed by atoms with Crippen molar-refractivity contribution in [1.29, 1.82) is 0 Å². The molecule has 6 heteroatoms. The van der Waals surface area contributed by atoms with Gasteiger partial charge in [-0.25, -0.2) is 0 Å². The Hall–Kier alpha value is -1.79. The molecule has 24 heavy (non-hydrogen) atoms. The van der Waals surface area contributed by atoms with Gasteiger partial charge < -0.3 is 23.8 Å². The number of hydrogen-bond acceptors (Lipinski definition) is 5. The average Bonchev–Trinajstić information content (AvgIpc) is 3.16. The standard InChI is InChI=1S/C18H25NO5/c1-2-21-15-5-3-4-6-16(15)24-13-17(20)19-9-7-14(8-10-19)18-22-11-12-23-18/h3-6,14,18H,2,7-13H2,1H3. The minimum Gasteiger partial charge on any atom is -0.490 e. The van der Waals surface area contributed by atoms with Gasteiger partial charge in [-0.05, 0) is 31.9 Å². The van der Waals surface area contributed by atoms with Crippen LogP contribution in [0.25, 0.3) is 0 Å². The number of ether oxygens (including phenoxy) is 4. The molecule has 0 N–H and O–H groups in total. The highest BCUT2D eigenvalue weighted by molar-refractivity contribution is 5.78. The van der Waals surface area contributed by atoms with Crippen LogP contribution in [0.15, 0.2) is 24.3 Å². The predicted molar refractivity (Wildman–Crippen MR) is 88.1 cm³/mol. The van der Waals surface area contributed by atoms with E-state index in [-0.39, 0.29) is 18.8 Å². The third-order valence-electron chi connectivity index (χ3n) is 4.42. The molecule has 0 radical (unpaired) electrons. The Labute approximate surface area is 142 Å². The number of likely N-dealkylation sites (tertiary alicyclic amines) is 1. The minimum absolute atomic E-state index is 0.00742. The molecule has 2 fully saturated rings. The summed E-state index contributed by atoms with van der Waals surface area (Å²) in [5.41, 5.74) is 0. The van der Waals surface area contributed by atoms with Crippen LogP contribution in [0.3, 0.4) is 0 Å². The molecular formula is C18H25NO5. The van der Waals surface area contributed by atoms with E-state index in [4.69, 9.17) is 18.9 Å². The molecule has 0 aromatic heterocycles. The molecule has 1 amide bonds. The maximum absolute atomic E-state index is 12.4. The lowest BCUT2D eigenvalue weighted by Crippen LogP contribution is -2.43. The van der Waals surface area contributed by atoms with Crippen molar-refractivity contribution < 1.29 is 23.7 Å². The Morgan fingerprint density at radius 1 is 1.12 bits per heavy atom. The number of piperidine rings is 1. The van der Waals surface area contributed by atoms with E-state index < -0.39 is 0 Å². The van der Waals surface area contributed by atoms with E-state index in [9.17, 15) is 4.79 Å². The van der Waals surface area contributed by atoms with Gasteiger partial charge in [0, 0.05) is 19.0 Å². The zero-order chi connectivity index (χ0) is 16.8. The highest BCUT2D eigenvalue weighted by atomic mass is 16.7. The van der Waals surface area contributed by atoms with Gasteiger partial charge in [-0.2, -0.15) is 0 Å². The number of rotatable bonds is 6. The summed E-state index contributed by atoms with van der Waals surface area (Å²) in [6, 6.07) is 7.42. The Morgan fingerprint density at radius 2 is 1.75 bits per heavy atom. The topological polar surface area (TPSA) is 57.2 Å². The first-order valence-electron chi connectivity index (χ1n) is 8.63. The van der Waals surface area contributed by atoms with Crippen molar-refractivity contribution >= 4 is 5.91 Å². The number of carbonyl (C=O) groups is 1. The highest BCUT2D eigenvalue weighted by Gasteiger charge is 2.31. The van der Waals surface area contributed by atoms with Crippen LogP contribution in [-0.4, -0.2) is 56.6 Å². The van der Waals surface area contributed by atoms with Crippen LogP contribution in [0.4, 0.5) is 0 Å². The quantitative estimate of drug-likeness (QED) is 0.797.